The molecule has 0 bridgehead atoms. The third-order valence-corrected chi connectivity index (χ3v) is 2.33. The van der Waals surface area contributed by atoms with Gasteiger partial charge in [-0.3, -0.25) is 0 Å². The van der Waals surface area contributed by atoms with Crippen LogP contribution in [-0.2, 0) is 0 Å². The van der Waals surface area contributed by atoms with E-state index in [0.29, 0.717) is 0 Å². The van der Waals surface area contributed by atoms with Gasteiger partial charge in [-0.05, 0) is 33.3 Å². The van der Waals surface area contributed by atoms with E-state index in [-0.39, 0.29) is 5.54 Å². The van der Waals surface area contributed by atoms with Crippen LogP contribution in [0.1, 0.15) is 38.8 Å². The highest BCUT2D eigenvalue weighted by Crippen LogP contribution is 2.23. The largest absolute Gasteiger partial charge is 0.374 e. The molecular formula is C16H21N. The molecule has 1 heteroatoms. The summed E-state index contributed by atoms with van der Waals surface area (Å²) in [6.45, 7) is 16.1. The summed E-state index contributed by atoms with van der Waals surface area (Å²) in [5, 5.41) is 3.42. The molecule has 0 aromatic heterocycles. The molecule has 1 rings (SSSR count). The number of nitrogens with one attached hydrogen (secondary N) is 1. The van der Waals surface area contributed by atoms with Crippen LogP contribution < -0.4 is 5.32 Å². The van der Waals surface area contributed by atoms with Gasteiger partial charge in [-0.2, -0.15) is 0 Å². The molecule has 1 nitrogen and oxygen atoms in total. The Morgan fingerprint density at radius 1 is 1.18 bits per heavy atom. The minimum absolute atomic E-state index is 0.0117. The number of rotatable bonds is 3. The molecule has 0 amide bonds. The SMILES string of the molecule is C=C=C(NC(C)(C)C)c1ccccc1C(=C)C. The summed E-state index contributed by atoms with van der Waals surface area (Å²) in [5.41, 5.74) is 7.18. The van der Waals surface area contributed by atoms with Crippen molar-refractivity contribution in [2.45, 2.75) is 33.2 Å². The average Bonchev–Trinajstić information content (AvgIpc) is 2.24. The van der Waals surface area contributed by atoms with Gasteiger partial charge in [0.15, 0.2) is 0 Å². The first-order chi connectivity index (χ1) is 7.85. The first kappa shape index (κ1) is 13.3. The maximum Gasteiger partial charge on any atom is 0.0851 e. The molecule has 0 spiro atoms. The molecule has 90 valence electrons. The second-order valence-corrected chi connectivity index (χ2v) is 5.25. The smallest absolute Gasteiger partial charge is 0.0851 e. The van der Waals surface area contributed by atoms with Crippen molar-refractivity contribution in [3.63, 3.8) is 0 Å². The number of hydrogen-bond acceptors (Lipinski definition) is 1. The lowest BCUT2D eigenvalue weighted by atomic mass is 9.98. The Morgan fingerprint density at radius 2 is 1.71 bits per heavy atom. The summed E-state index contributed by atoms with van der Waals surface area (Å²) in [7, 11) is 0. The summed E-state index contributed by atoms with van der Waals surface area (Å²) in [4.78, 5) is 0. The molecule has 0 aliphatic heterocycles. The van der Waals surface area contributed by atoms with Crippen molar-refractivity contribution in [2.75, 3.05) is 0 Å². The van der Waals surface area contributed by atoms with Crippen LogP contribution in [0.5, 0.6) is 0 Å². The first-order valence-electron chi connectivity index (χ1n) is 5.78. The van der Waals surface area contributed by atoms with Crippen molar-refractivity contribution >= 4 is 11.3 Å². The molecular weight excluding hydrogens is 206 g/mol. The molecule has 0 saturated heterocycles. The van der Waals surface area contributed by atoms with Gasteiger partial charge in [-0.15, -0.1) is 5.73 Å². The number of benzene rings is 1. The van der Waals surface area contributed by atoms with Gasteiger partial charge in [-0.25, -0.2) is 0 Å². The van der Waals surface area contributed by atoms with Crippen molar-refractivity contribution in [1.82, 2.24) is 5.32 Å². The van der Waals surface area contributed by atoms with Crippen molar-refractivity contribution in [3.8, 4) is 0 Å². The van der Waals surface area contributed by atoms with Gasteiger partial charge in [0, 0.05) is 11.1 Å². The van der Waals surface area contributed by atoms with Crippen molar-refractivity contribution in [2.24, 2.45) is 0 Å². The second kappa shape index (κ2) is 5.07. The average molecular weight is 227 g/mol. The molecule has 0 unspecified atom stereocenters. The van der Waals surface area contributed by atoms with Gasteiger partial charge in [0.1, 0.15) is 0 Å². The Balaban J connectivity index is 3.23. The standard InChI is InChI=1S/C16H21N/c1-7-15(17-16(4,5)6)14-11-9-8-10-13(14)12(2)3/h8-11,17H,1-2H2,3-6H3. The van der Waals surface area contributed by atoms with Gasteiger partial charge in [-0.1, -0.05) is 43.0 Å². The Morgan fingerprint density at radius 3 is 2.12 bits per heavy atom. The maximum atomic E-state index is 4.01. The van der Waals surface area contributed by atoms with Crippen molar-refractivity contribution < 1.29 is 0 Å². The van der Waals surface area contributed by atoms with E-state index in [4.69, 9.17) is 0 Å². The predicted molar refractivity (Wildman–Crippen MR) is 76.6 cm³/mol. The summed E-state index contributed by atoms with van der Waals surface area (Å²) < 4.78 is 0. The summed E-state index contributed by atoms with van der Waals surface area (Å²) in [6.07, 6.45) is 0. The first-order valence-corrected chi connectivity index (χ1v) is 5.78. The zero-order valence-electron chi connectivity index (χ0n) is 11.2. The second-order valence-electron chi connectivity index (χ2n) is 5.25. The van der Waals surface area contributed by atoms with E-state index >= 15 is 0 Å². The molecule has 0 heterocycles. The normalized spacial score (nSPS) is 10.6. The molecule has 1 N–H and O–H groups in total. The van der Waals surface area contributed by atoms with Gasteiger partial charge >= 0.3 is 0 Å². The van der Waals surface area contributed by atoms with Gasteiger partial charge in [0.2, 0.25) is 0 Å². The number of allylic oxidation sites excluding steroid dienone is 1. The van der Waals surface area contributed by atoms with Crippen LogP contribution in [0.15, 0.2) is 43.2 Å². The monoisotopic (exact) mass is 227 g/mol. The summed E-state index contributed by atoms with van der Waals surface area (Å²) in [5.74, 6) is 0. The lowest BCUT2D eigenvalue weighted by Crippen LogP contribution is -2.34. The number of hydrogen-bond donors (Lipinski definition) is 1. The van der Waals surface area contributed by atoms with E-state index < -0.39 is 0 Å². The van der Waals surface area contributed by atoms with Gasteiger partial charge in [0.05, 0.1) is 5.70 Å². The lowest BCUT2D eigenvalue weighted by Gasteiger charge is -2.24. The molecule has 1 aromatic carbocycles. The van der Waals surface area contributed by atoms with Gasteiger partial charge < -0.3 is 5.32 Å². The van der Waals surface area contributed by atoms with Crippen molar-refractivity contribution in [1.29, 1.82) is 0 Å². The lowest BCUT2D eigenvalue weighted by molar-refractivity contribution is 0.501. The molecule has 0 aliphatic rings. The fourth-order valence-corrected chi connectivity index (χ4v) is 1.66. The highest BCUT2D eigenvalue weighted by molar-refractivity contribution is 5.77. The topological polar surface area (TPSA) is 12.0 Å². The van der Waals surface area contributed by atoms with Crippen LogP contribution in [0.3, 0.4) is 0 Å². The fraction of sp³-hybridized carbons (Fsp3) is 0.312. The van der Waals surface area contributed by atoms with E-state index in [0.717, 1.165) is 22.4 Å². The van der Waals surface area contributed by atoms with Crippen LogP contribution in [0.2, 0.25) is 0 Å². The zero-order chi connectivity index (χ0) is 13.1. The minimum Gasteiger partial charge on any atom is -0.374 e. The van der Waals surface area contributed by atoms with Crippen LogP contribution >= 0.6 is 0 Å². The molecule has 17 heavy (non-hydrogen) atoms. The van der Waals surface area contributed by atoms with Crippen LogP contribution in [0.4, 0.5) is 0 Å². The third kappa shape index (κ3) is 3.65. The highest BCUT2D eigenvalue weighted by Gasteiger charge is 2.14. The zero-order valence-corrected chi connectivity index (χ0v) is 11.2. The van der Waals surface area contributed by atoms with E-state index in [2.05, 4.69) is 57.1 Å². The van der Waals surface area contributed by atoms with Crippen molar-refractivity contribution in [3.05, 3.63) is 54.3 Å². The third-order valence-electron chi connectivity index (χ3n) is 2.33. The Bertz CT molecular complexity index is 469. The molecule has 0 aliphatic carbocycles. The minimum atomic E-state index is -0.0117. The molecule has 0 fully saturated rings. The van der Waals surface area contributed by atoms with E-state index in [1.807, 2.05) is 19.1 Å². The van der Waals surface area contributed by atoms with Gasteiger partial charge in [0.25, 0.3) is 0 Å². The Kier molecular flexibility index (Phi) is 3.98. The molecule has 1 aromatic rings. The highest BCUT2D eigenvalue weighted by atomic mass is 15.0. The fourth-order valence-electron chi connectivity index (χ4n) is 1.66. The predicted octanol–water partition coefficient (Wildman–Crippen LogP) is 4.23. The molecule has 0 saturated carbocycles. The van der Waals surface area contributed by atoms with Crippen LogP contribution in [0.25, 0.3) is 11.3 Å². The van der Waals surface area contributed by atoms with Crippen LogP contribution in [0, 0.1) is 0 Å². The van der Waals surface area contributed by atoms with E-state index in [1.54, 1.807) is 0 Å². The van der Waals surface area contributed by atoms with Crippen LogP contribution in [-0.4, -0.2) is 5.54 Å². The molecule has 0 radical (unpaired) electrons. The van der Waals surface area contributed by atoms with E-state index in [9.17, 15) is 0 Å². The maximum absolute atomic E-state index is 4.01. The summed E-state index contributed by atoms with van der Waals surface area (Å²) >= 11 is 0. The quantitative estimate of drug-likeness (QED) is 0.762. The Labute approximate surface area is 105 Å². The molecule has 0 atom stereocenters. The van der Waals surface area contributed by atoms with E-state index in [1.165, 1.54) is 0 Å². The summed E-state index contributed by atoms with van der Waals surface area (Å²) in [6, 6.07) is 8.17. The Hall–Kier alpha value is -1.72.